The summed E-state index contributed by atoms with van der Waals surface area (Å²) in [5.74, 6) is 4.42. The van der Waals surface area contributed by atoms with Gasteiger partial charge in [0.15, 0.2) is 5.78 Å². The van der Waals surface area contributed by atoms with E-state index in [0.29, 0.717) is 11.3 Å². The van der Waals surface area contributed by atoms with Crippen molar-refractivity contribution in [3.05, 3.63) is 11.8 Å². The van der Waals surface area contributed by atoms with Gasteiger partial charge in [-0.3, -0.25) is 4.79 Å². The minimum atomic E-state index is -0.434. The minimum Gasteiger partial charge on any atom is -0.402 e. The highest BCUT2D eigenvalue weighted by Gasteiger charge is 2.60. The average Bonchev–Trinajstić information content (AvgIpc) is 2.99. The van der Waals surface area contributed by atoms with E-state index in [1.165, 1.54) is 57.4 Å². The fourth-order valence-electron chi connectivity index (χ4n) is 8.35. The number of carbonyl (C=O) groups is 1. The maximum Gasteiger partial charge on any atom is 0.182 e. The molecule has 0 amide bonds. The average molecular weight is 374 g/mol. The molecule has 4 aliphatic rings. The van der Waals surface area contributed by atoms with Crippen LogP contribution in [0.1, 0.15) is 78.6 Å². The summed E-state index contributed by atoms with van der Waals surface area (Å²) < 4.78 is 0. The van der Waals surface area contributed by atoms with Crippen molar-refractivity contribution in [2.24, 2.45) is 52.1 Å². The number of fused-ring (bicyclic) bond motifs is 5. The summed E-state index contributed by atoms with van der Waals surface area (Å²) in [5.41, 5.74) is 7.92. The largest absolute Gasteiger partial charge is 0.402 e. The zero-order chi connectivity index (χ0) is 19.4. The predicted octanol–water partition coefficient (Wildman–Crippen LogP) is 4.69. The topological polar surface area (TPSA) is 63.3 Å². The van der Waals surface area contributed by atoms with Crippen LogP contribution in [0.4, 0.5) is 0 Å². The lowest BCUT2D eigenvalue weighted by atomic mass is 9.44. The van der Waals surface area contributed by atoms with Crippen LogP contribution in [0.15, 0.2) is 11.8 Å². The van der Waals surface area contributed by atoms with Crippen molar-refractivity contribution in [2.75, 3.05) is 6.61 Å². The SMILES string of the molecule is CC1CCC2(C)C(CCC3C2CCC2(C)C(/C(N)=C/C(=O)CO)CCC32)C1. The zero-order valence-corrected chi connectivity index (χ0v) is 17.5. The molecule has 8 atom stereocenters. The first-order valence-corrected chi connectivity index (χ1v) is 11.4. The van der Waals surface area contributed by atoms with E-state index in [1.807, 2.05) is 0 Å². The van der Waals surface area contributed by atoms with Gasteiger partial charge in [0.25, 0.3) is 0 Å². The van der Waals surface area contributed by atoms with Crippen LogP contribution in [0, 0.1) is 46.3 Å². The van der Waals surface area contributed by atoms with Crippen LogP contribution >= 0.6 is 0 Å². The molecule has 0 radical (unpaired) electrons. The predicted molar refractivity (Wildman–Crippen MR) is 109 cm³/mol. The number of allylic oxidation sites excluding steroid dienone is 1. The molecule has 4 fully saturated rings. The number of ketones is 1. The molecule has 3 heteroatoms. The minimum absolute atomic E-state index is 0.239. The van der Waals surface area contributed by atoms with Gasteiger partial charge in [-0.05, 0) is 91.8 Å². The van der Waals surface area contributed by atoms with Crippen molar-refractivity contribution >= 4 is 5.78 Å². The van der Waals surface area contributed by atoms with Gasteiger partial charge in [-0.15, -0.1) is 0 Å². The van der Waals surface area contributed by atoms with Gasteiger partial charge >= 0.3 is 0 Å². The second-order valence-corrected chi connectivity index (χ2v) is 11.0. The Bertz CT molecular complexity index is 628. The summed E-state index contributed by atoms with van der Waals surface area (Å²) in [6, 6.07) is 0. The lowest BCUT2D eigenvalue weighted by molar-refractivity contribution is -0.117. The molecule has 0 bridgehead atoms. The van der Waals surface area contributed by atoms with E-state index >= 15 is 0 Å². The van der Waals surface area contributed by atoms with Gasteiger partial charge in [0.05, 0.1) is 0 Å². The van der Waals surface area contributed by atoms with Crippen LogP contribution in [0.2, 0.25) is 0 Å². The van der Waals surface area contributed by atoms with Gasteiger partial charge in [0.1, 0.15) is 6.61 Å². The maximum absolute atomic E-state index is 11.7. The van der Waals surface area contributed by atoms with Crippen molar-refractivity contribution in [3.63, 3.8) is 0 Å². The molecule has 0 spiro atoms. The Kier molecular flexibility index (Phi) is 4.98. The molecule has 3 nitrogen and oxygen atoms in total. The number of hydrogen-bond donors (Lipinski definition) is 2. The summed E-state index contributed by atoms with van der Waals surface area (Å²) in [6.07, 6.45) is 13.6. The molecule has 27 heavy (non-hydrogen) atoms. The van der Waals surface area contributed by atoms with Crippen LogP contribution in [-0.4, -0.2) is 17.5 Å². The highest BCUT2D eigenvalue weighted by Crippen LogP contribution is 2.68. The number of rotatable bonds is 3. The lowest BCUT2D eigenvalue weighted by Crippen LogP contribution is -2.53. The third kappa shape index (κ3) is 2.99. The number of nitrogens with two attached hydrogens (primary N) is 1. The van der Waals surface area contributed by atoms with Crippen LogP contribution in [-0.2, 0) is 4.79 Å². The standard InChI is InChI=1S/C24H39NO2/c1-15-8-10-23(2)16(12-15)4-5-18-19-6-7-21(22(25)13-17(27)14-26)24(19,3)11-9-20(18)23/h13,15-16,18-21,26H,4-12,14,25H2,1-3H3/b22-13-. The first kappa shape index (κ1) is 19.5. The van der Waals surface area contributed by atoms with Gasteiger partial charge in [-0.2, -0.15) is 0 Å². The number of aliphatic hydroxyl groups excluding tert-OH is 1. The monoisotopic (exact) mass is 373 g/mol. The first-order chi connectivity index (χ1) is 12.8. The van der Waals surface area contributed by atoms with E-state index in [2.05, 4.69) is 20.8 Å². The van der Waals surface area contributed by atoms with Gasteiger partial charge in [0.2, 0.25) is 0 Å². The molecule has 0 heterocycles. The fraction of sp³-hybridized carbons (Fsp3) is 0.875. The molecule has 8 unspecified atom stereocenters. The van der Waals surface area contributed by atoms with Crippen molar-refractivity contribution in [1.82, 2.24) is 0 Å². The molecule has 0 aliphatic heterocycles. The Hall–Kier alpha value is -0.830. The quantitative estimate of drug-likeness (QED) is 0.706. The third-order valence-corrected chi connectivity index (χ3v) is 9.81. The van der Waals surface area contributed by atoms with E-state index in [9.17, 15) is 4.79 Å². The Balaban J connectivity index is 1.57. The van der Waals surface area contributed by atoms with Gasteiger partial charge < -0.3 is 10.8 Å². The van der Waals surface area contributed by atoms with Gasteiger partial charge in [-0.25, -0.2) is 0 Å². The van der Waals surface area contributed by atoms with Crippen molar-refractivity contribution in [2.45, 2.75) is 78.6 Å². The molecule has 0 aromatic carbocycles. The Morgan fingerprint density at radius 3 is 2.48 bits per heavy atom. The maximum atomic E-state index is 11.7. The molecule has 0 saturated heterocycles. The van der Waals surface area contributed by atoms with Gasteiger partial charge in [0, 0.05) is 17.7 Å². The molecular weight excluding hydrogens is 334 g/mol. The zero-order valence-electron chi connectivity index (χ0n) is 17.5. The third-order valence-electron chi connectivity index (χ3n) is 9.81. The molecule has 4 rings (SSSR count). The van der Waals surface area contributed by atoms with Crippen molar-refractivity contribution in [1.29, 1.82) is 0 Å². The van der Waals surface area contributed by atoms with Crippen molar-refractivity contribution in [3.8, 4) is 0 Å². The lowest BCUT2D eigenvalue weighted by Gasteiger charge is -2.61. The Labute approximate surface area is 165 Å². The number of hydrogen-bond acceptors (Lipinski definition) is 3. The summed E-state index contributed by atoms with van der Waals surface area (Å²) in [6.45, 7) is 7.10. The Morgan fingerprint density at radius 1 is 1.04 bits per heavy atom. The first-order valence-electron chi connectivity index (χ1n) is 11.4. The normalized spacial score (nSPS) is 49.9. The smallest absolute Gasteiger partial charge is 0.182 e. The van der Waals surface area contributed by atoms with E-state index in [-0.39, 0.29) is 11.2 Å². The second-order valence-electron chi connectivity index (χ2n) is 11.0. The number of aliphatic hydroxyl groups is 1. The molecule has 4 aliphatic carbocycles. The molecule has 3 N–H and O–H groups in total. The van der Waals surface area contributed by atoms with E-state index in [1.54, 1.807) is 0 Å². The molecule has 4 saturated carbocycles. The van der Waals surface area contributed by atoms with E-state index < -0.39 is 6.61 Å². The summed E-state index contributed by atoms with van der Waals surface area (Å²) in [4.78, 5) is 11.7. The van der Waals surface area contributed by atoms with Crippen LogP contribution in [0.25, 0.3) is 0 Å². The van der Waals surface area contributed by atoms with Crippen LogP contribution in [0.3, 0.4) is 0 Å². The Morgan fingerprint density at radius 2 is 1.74 bits per heavy atom. The van der Waals surface area contributed by atoms with Crippen LogP contribution in [0.5, 0.6) is 0 Å². The van der Waals surface area contributed by atoms with Gasteiger partial charge in [-0.1, -0.05) is 27.2 Å². The number of carbonyl (C=O) groups excluding carboxylic acids is 1. The molecule has 0 aromatic rings. The highest BCUT2D eigenvalue weighted by molar-refractivity contribution is 5.91. The van der Waals surface area contributed by atoms with E-state index in [4.69, 9.17) is 10.8 Å². The van der Waals surface area contributed by atoms with E-state index in [0.717, 1.165) is 41.7 Å². The molecule has 0 aromatic heterocycles. The molecular formula is C24H39NO2. The second kappa shape index (κ2) is 6.90. The summed E-state index contributed by atoms with van der Waals surface area (Å²) >= 11 is 0. The fourth-order valence-corrected chi connectivity index (χ4v) is 8.35. The van der Waals surface area contributed by atoms with Crippen molar-refractivity contribution < 1.29 is 9.90 Å². The highest BCUT2D eigenvalue weighted by atomic mass is 16.3. The van der Waals surface area contributed by atoms with Crippen LogP contribution < -0.4 is 5.73 Å². The molecule has 152 valence electrons. The summed E-state index contributed by atoms with van der Waals surface area (Å²) in [7, 11) is 0. The summed E-state index contributed by atoms with van der Waals surface area (Å²) in [5, 5.41) is 9.08.